The van der Waals surface area contributed by atoms with Crippen molar-refractivity contribution >= 4 is 39.9 Å². The second-order valence-corrected chi connectivity index (χ2v) is 6.71. The molecule has 2 rings (SSSR count). The molecule has 0 saturated carbocycles. The third-order valence-electron chi connectivity index (χ3n) is 3.68. The Kier molecular flexibility index (Phi) is 6.63. The van der Waals surface area contributed by atoms with Gasteiger partial charge in [-0.25, -0.2) is 5.14 Å². The zero-order valence-electron chi connectivity index (χ0n) is 12.7. The standard InChI is InChI=1S/C13H20N4O4S.ClH/c1-21-12-3-2-10(8-11(12)14)16-13(18)9-4-6-17(7-5-9)22(15,19)20;/h2-3,8-9H,4-7,14H2,1H3,(H,16,18)(H2,15,19,20);1H. The number of ether oxygens (including phenoxy) is 1. The molecule has 0 unspecified atom stereocenters. The van der Waals surface area contributed by atoms with E-state index < -0.39 is 10.2 Å². The van der Waals surface area contributed by atoms with Gasteiger partial charge in [0.2, 0.25) is 5.91 Å². The van der Waals surface area contributed by atoms with Crippen LogP contribution in [0.1, 0.15) is 12.8 Å². The number of piperidine rings is 1. The number of methoxy groups -OCH3 is 1. The number of hydrogen-bond donors (Lipinski definition) is 3. The molecule has 130 valence electrons. The van der Waals surface area contributed by atoms with Gasteiger partial charge in [0.1, 0.15) is 5.75 Å². The summed E-state index contributed by atoms with van der Waals surface area (Å²) in [5.74, 6) is 0.138. The summed E-state index contributed by atoms with van der Waals surface area (Å²) < 4.78 is 28.7. The summed E-state index contributed by atoms with van der Waals surface area (Å²) >= 11 is 0. The van der Waals surface area contributed by atoms with Crippen LogP contribution in [0.4, 0.5) is 11.4 Å². The lowest BCUT2D eigenvalue weighted by Gasteiger charge is -2.29. The zero-order valence-corrected chi connectivity index (χ0v) is 14.3. The lowest BCUT2D eigenvalue weighted by atomic mass is 9.97. The Morgan fingerprint density at radius 1 is 1.35 bits per heavy atom. The summed E-state index contributed by atoms with van der Waals surface area (Å²) in [5, 5.41) is 7.85. The molecular formula is C13H21ClN4O4S. The Labute approximate surface area is 141 Å². The van der Waals surface area contributed by atoms with Crippen molar-refractivity contribution in [1.82, 2.24) is 4.31 Å². The number of nitrogens with one attached hydrogen (secondary N) is 1. The third-order valence-corrected chi connectivity index (χ3v) is 4.77. The number of amides is 1. The van der Waals surface area contributed by atoms with Gasteiger partial charge >= 0.3 is 0 Å². The molecule has 1 aromatic carbocycles. The number of rotatable bonds is 4. The number of nitrogens with two attached hydrogens (primary N) is 2. The van der Waals surface area contributed by atoms with E-state index in [1.807, 2.05) is 0 Å². The summed E-state index contributed by atoms with van der Waals surface area (Å²) in [6.07, 6.45) is 0.877. The summed E-state index contributed by atoms with van der Waals surface area (Å²) in [5.41, 5.74) is 6.80. The van der Waals surface area contributed by atoms with E-state index in [4.69, 9.17) is 15.6 Å². The predicted octanol–water partition coefficient (Wildman–Crippen LogP) is 0.553. The van der Waals surface area contributed by atoms with Crippen LogP contribution in [0.3, 0.4) is 0 Å². The Morgan fingerprint density at radius 2 is 1.96 bits per heavy atom. The highest BCUT2D eigenvalue weighted by Crippen LogP contribution is 2.26. The van der Waals surface area contributed by atoms with E-state index in [2.05, 4.69) is 5.32 Å². The fourth-order valence-electron chi connectivity index (χ4n) is 2.43. The van der Waals surface area contributed by atoms with Crippen molar-refractivity contribution in [3.05, 3.63) is 18.2 Å². The first-order valence-corrected chi connectivity index (χ1v) is 8.34. The number of carbonyl (C=O) groups excluding carboxylic acids is 1. The minimum atomic E-state index is -3.68. The van der Waals surface area contributed by atoms with Gasteiger partial charge in [0, 0.05) is 24.7 Å². The van der Waals surface area contributed by atoms with Crippen LogP contribution in [0.15, 0.2) is 18.2 Å². The maximum atomic E-state index is 12.2. The molecule has 23 heavy (non-hydrogen) atoms. The summed E-state index contributed by atoms with van der Waals surface area (Å²) in [6, 6.07) is 5.00. The Bertz CT molecular complexity index is 660. The highest BCUT2D eigenvalue weighted by molar-refractivity contribution is 7.86. The van der Waals surface area contributed by atoms with Gasteiger partial charge in [0.15, 0.2) is 0 Å². The van der Waals surface area contributed by atoms with E-state index in [1.54, 1.807) is 18.2 Å². The molecule has 1 heterocycles. The normalized spacial score (nSPS) is 16.4. The minimum Gasteiger partial charge on any atom is -0.495 e. The van der Waals surface area contributed by atoms with Crippen LogP contribution < -0.4 is 20.9 Å². The molecule has 0 atom stereocenters. The van der Waals surface area contributed by atoms with E-state index in [1.165, 1.54) is 11.4 Å². The average molecular weight is 365 g/mol. The molecule has 1 amide bonds. The number of hydrogen-bond acceptors (Lipinski definition) is 5. The van der Waals surface area contributed by atoms with Gasteiger partial charge in [-0.3, -0.25) is 4.79 Å². The molecule has 1 aromatic rings. The SMILES string of the molecule is COc1ccc(NC(=O)C2CCN(S(N)(=O)=O)CC2)cc1N.Cl. The van der Waals surface area contributed by atoms with Crippen molar-refractivity contribution < 1.29 is 17.9 Å². The highest BCUT2D eigenvalue weighted by Gasteiger charge is 2.29. The van der Waals surface area contributed by atoms with Crippen LogP contribution in [0.25, 0.3) is 0 Å². The van der Waals surface area contributed by atoms with Crippen LogP contribution in [0.2, 0.25) is 0 Å². The van der Waals surface area contributed by atoms with Crippen LogP contribution in [-0.4, -0.2) is 38.8 Å². The maximum absolute atomic E-state index is 12.2. The molecule has 1 aliphatic rings. The minimum absolute atomic E-state index is 0. The summed E-state index contributed by atoms with van der Waals surface area (Å²) in [4.78, 5) is 12.2. The lowest BCUT2D eigenvalue weighted by Crippen LogP contribution is -2.44. The van der Waals surface area contributed by atoms with Gasteiger partial charge in [0.25, 0.3) is 10.2 Å². The summed E-state index contributed by atoms with van der Waals surface area (Å²) in [7, 11) is -2.16. The molecule has 5 N–H and O–H groups in total. The first-order chi connectivity index (χ1) is 10.3. The fraction of sp³-hybridized carbons (Fsp3) is 0.462. The smallest absolute Gasteiger partial charge is 0.276 e. The molecule has 1 saturated heterocycles. The molecule has 8 nitrogen and oxygen atoms in total. The third kappa shape index (κ3) is 4.96. The molecule has 0 radical (unpaired) electrons. The monoisotopic (exact) mass is 364 g/mol. The van der Waals surface area contributed by atoms with Crippen molar-refractivity contribution in [2.24, 2.45) is 11.1 Å². The molecule has 10 heteroatoms. The van der Waals surface area contributed by atoms with E-state index in [0.717, 1.165) is 0 Å². The van der Waals surface area contributed by atoms with Crippen LogP contribution in [0, 0.1) is 5.92 Å². The second kappa shape index (κ2) is 7.82. The number of benzene rings is 1. The predicted molar refractivity (Wildman–Crippen MR) is 90.7 cm³/mol. The first kappa shape index (κ1) is 19.5. The lowest BCUT2D eigenvalue weighted by molar-refractivity contribution is -0.120. The highest BCUT2D eigenvalue weighted by atomic mass is 35.5. The fourth-order valence-corrected chi connectivity index (χ4v) is 3.15. The Hall–Kier alpha value is -1.55. The molecule has 1 aliphatic heterocycles. The number of nitrogens with zero attached hydrogens (tertiary/aromatic N) is 1. The van der Waals surface area contributed by atoms with E-state index in [0.29, 0.717) is 30.0 Å². The van der Waals surface area contributed by atoms with Crippen LogP contribution >= 0.6 is 12.4 Å². The summed E-state index contributed by atoms with van der Waals surface area (Å²) in [6.45, 7) is 0.503. The molecule has 1 fully saturated rings. The largest absolute Gasteiger partial charge is 0.495 e. The first-order valence-electron chi connectivity index (χ1n) is 6.83. The van der Waals surface area contributed by atoms with Gasteiger partial charge in [-0.05, 0) is 31.0 Å². The van der Waals surface area contributed by atoms with Crippen molar-refractivity contribution in [2.45, 2.75) is 12.8 Å². The van der Waals surface area contributed by atoms with Gasteiger partial charge in [-0.15, -0.1) is 12.4 Å². The number of halogens is 1. The molecular weight excluding hydrogens is 344 g/mol. The second-order valence-electron chi connectivity index (χ2n) is 5.16. The topological polar surface area (TPSA) is 128 Å². The zero-order chi connectivity index (χ0) is 16.3. The molecule has 0 bridgehead atoms. The van der Waals surface area contributed by atoms with Crippen LogP contribution in [0.5, 0.6) is 5.75 Å². The Balaban J connectivity index is 0.00000264. The van der Waals surface area contributed by atoms with Gasteiger partial charge in [0.05, 0.1) is 12.8 Å². The van der Waals surface area contributed by atoms with Crippen molar-refractivity contribution in [1.29, 1.82) is 0 Å². The van der Waals surface area contributed by atoms with E-state index in [-0.39, 0.29) is 37.3 Å². The van der Waals surface area contributed by atoms with Gasteiger partial charge in [-0.1, -0.05) is 0 Å². The molecule has 0 aliphatic carbocycles. The average Bonchev–Trinajstić information content (AvgIpc) is 2.46. The Morgan fingerprint density at radius 3 is 2.43 bits per heavy atom. The van der Waals surface area contributed by atoms with Crippen molar-refractivity contribution in [3.8, 4) is 5.75 Å². The van der Waals surface area contributed by atoms with Crippen LogP contribution in [-0.2, 0) is 15.0 Å². The quantitative estimate of drug-likeness (QED) is 0.672. The molecule has 0 spiro atoms. The van der Waals surface area contributed by atoms with Crippen molar-refractivity contribution in [3.63, 3.8) is 0 Å². The van der Waals surface area contributed by atoms with E-state index >= 15 is 0 Å². The van der Waals surface area contributed by atoms with Gasteiger partial charge < -0.3 is 15.8 Å². The number of carbonyl (C=O) groups is 1. The van der Waals surface area contributed by atoms with Gasteiger partial charge in [-0.2, -0.15) is 12.7 Å². The maximum Gasteiger partial charge on any atom is 0.276 e. The van der Waals surface area contributed by atoms with E-state index in [9.17, 15) is 13.2 Å². The number of nitrogen functional groups attached to an aromatic ring is 1. The number of anilines is 2. The van der Waals surface area contributed by atoms with Crippen molar-refractivity contribution in [2.75, 3.05) is 31.2 Å². The molecule has 0 aromatic heterocycles.